The summed E-state index contributed by atoms with van der Waals surface area (Å²) in [6.45, 7) is 1.87. The Kier molecular flexibility index (Phi) is 3.99. The van der Waals surface area contributed by atoms with Gasteiger partial charge in [-0.1, -0.05) is 18.6 Å². The second-order valence-corrected chi connectivity index (χ2v) is 8.62. The van der Waals surface area contributed by atoms with Gasteiger partial charge in [0.05, 0.1) is 22.2 Å². The van der Waals surface area contributed by atoms with E-state index in [1.54, 1.807) is 11.3 Å². The summed E-state index contributed by atoms with van der Waals surface area (Å²) in [5.74, 6) is 1.06. The first-order valence-corrected chi connectivity index (χ1v) is 10.3. The van der Waals surface area contributed by atoms with Crippen molar-refractivity contribution in [2.24, 2.45) is 11.8 Å². The van der Waals surface area contributed by atoms with E-state index < -0.39 is 0 Å². The molecule has 0 spiro atoms. The summed E-state index contributed by atoms with van der Waals surface area (Å²) >= 11 is 1.75. The zero-order chi connectivity index (χ0) is 16.8. The van der Waals surface area contributed by atoms with Crippen LogP contribution in [0.25, 0.3) is 10.2 Å². The minimum Gasteiger partial charge on any atom is -0.333 e. The number of nitrogens with one attached hydrogen (secondary N) is 2. The lowest BCUT2D eigenvalue weighted by Crippen LogP contribution is -2.49. The van der Waals surface area contributed by atoms with E-state index in [1.165, 1.54) is 17.5 Å². The maximum Gasteiger partial charge on any atom is 0.227 e. The number of carbonyl (C=O) groups is 1. The fourth-order valence-corrected chi connectivity index (χ4v) is 5.97. The molecule has 2 N–H and O–H groups in total. The number of nitrogens with zero attached hydrogens (tertiary/aromatic N) is 2. The van der Waals surface area contributed by atoms with Crippen molar-refractivity contribution in [3.8, 4) is 0 Å². The van der Waals surface area contributed by atoms with E-state index in [2.05, 4.69) is 34.0 Å². The van der Waals surface area contributed by atoms with Gasteiger partial charge in [0.15, 0.2) is 0 Å². The van der Waals surface area contributed by atoms with Gasteiger partial charge in [-0.25, -0.2) is 4.98 Å². The van der Waals surface area contributed by atoms with E-state index >= 15 is 0 Å². The van der Waals surface area contributed by atoms with Gasteiger partial charge in [-0.05, 0) is 43.7 Å². The molecule has 5 rings (SSSR count). The van der Waals surface area contributed by atoms with Crippen molar-refractivity contribution in [1.29, 1.82) is 0 Å². The third kappa shape index (κ3) is 2.67. The van der Waals surface area contributed by atoms with Crippen molar-refractivity contribution in [1.82, 2.24) is 20.7 Å². The third-order valence-corrected chi connectivity index (χ3v) is 7.25. The molecule has 0 bridgehead atoms. The first-order chi connectivity index (χ1) is 12.3. The number of likely N-dealkylation sites (tertiary alicyclic amines) is 1. The smallest absolute Gasteiger partial charge is 0.227 e. The monoisotopic (exact) mass is 356 g/mol. The second kappa shape index (κ2) is 6.34. The molecule has 3 fully saturated rings. The molecule has 1 amide bonds. The van der Waals surface area contributed by atoms with Crippen LogP contribution in [0, 0.1) is 11.8 Å². The number of amides is 1. The number of aromatic nitrogens is 1. The molecule has 2 saturated heterocycles. The summed E-state index contributed by atoms with van der Waals surface area (Å²) in [4.78, 5) is 20.3. The number of benzene rings is 1. The zero-order valence-corrected chi connectivity index (χ0v) is 15.1. The SMILES string of the molecule is O=C(C1CCCC2CNNC21)N1CCCC1c1nc2ccccc2s1. The predicted molar refractivity (Wildman–Crippen MR) is 99.1 cm³/mol. The van der Waals surface area contributed by atoms with Crippen LogP contribution >= 0.6 is 11.3 Å². The zero-order valence-electron chi connectivity index (χ0n) is 14.3. The Morgan fingerprint density at radius 2 is 2.12 bits per heavy atom. The summed E-state index contributed by atoms with van der Waals surface area (Å²) in [5, 5.41) is 1.11. The Morgan fingerprint density at radius 3 is 3.04 bits per heavy atom. The highest BCUT2D eigenvalue weighted by molar-refractivity contribution is 7.18. The lowest BCUT2D eigenvalue weighted by Gasteiger charge is -2.35. The molecule has 0 radical (unpaired) electrons. The molecule has 4 atom stereocenters. The fraction of sp³-hybridized carbons (Fsp3) is 0.579. The molecule has 132 valence electrons. The van der Waals surface area contributed by atoms with Crippen LogP contribution in [0.15, 0.2) is 24.3 Å². The number of hydrazine groups is 1. The average Bonchev–Trinajstić information content (AvgIpc) is 3.37. The van der Waals surface area contributed by atoms with Crippen LogP contribution in [0.1, 0.15) is 43.2 Å². The van der Waals surface area contributed by atoms with Crippen LogP contribution in [0.3, 0.4) is 0 Å². The van der Waals surface area contributed by atoms with Crippen molar-refractivity contribution in [2.45, 2.75) is 44.2 Å². The van der Waals surface area contributed by atoms with E-state index in [1.807, 2.05) is 6.07 Å². The van der Waals surface area contributed by atoms with Crippen LogP contribution in [-0.2, 0) is 4.79 Å². The molecule has 2 aromatic rings. The van der Waals surface area contributed by atoms with Gasteiger partial charge in [-0.15, -0.1) is 11.3 Å². The average molecular weight is 356 g/mol. The highest BCUT2D eigenvalue weighted by Crippen LogP contribution is 2.40. The molecule has 3 aliphatic rings. The van der Waals surface area contributed by atoms with E-state index in [4.69, 9.17) is 4.98 Å². The largest absolute Gasteiger partial charge is 0.333 e. The lowest BCUT2D eigenvalue weighted by atomic mass is 9.77. The minimum atomic E-state index is 0.115. The van der Waals surface area contributed by atoms with Gasteiger partial charge in [0.1, 0.15) is 5.01 Å². The van der Waals surface area contributed by atoms with Gasteiger partial charge in [-0.3, -0.25) is 15.6 Å². The molecule has 3 heterocycles. The van der Waals surface area contributed by atoms with Crippen LogP contribution in [0.2, 0.25) is 0 Å². The van der Waals surface area contributed by atoms with E-state index in [9.17, 15) is 4.79 Å². The molecular formula is C19H24N4OS. The number of thiazole rings is 1. The Balaban J connectivity index is 1.41. The standard InChI is InChI=1S/C19H24N4OS/c24-19(13-6-3-5-12-11-20-22-17(12)13)23-10-4-8-15(23)18-21-14-7-1-2-9-16(14)25-18/h1-2,7,9,12-13,15,17,20,22H,3-6,8,10-11H2. The molecule has 1 aromatic carbocycles. The number of fused-ring (bicyclic) bond motifs is 2. The van der Waals surface area contributed by atoms with Crippen LogP contribution in [0.5, 0.6) is 0 Å². The molecule has 2 aliphatic heterocycles. The Morgan fingerprint density at radius 1 is 1.20 bits per heavy atom. The van der Waals surface area contributed by atoms with Gasteiger partial charge in [0.2, 0.25) is 5.91 Å². The lowest BCUT2D eigenvalue weighted by molar-refractivity contribution is -0.138. The van der Waals surface area contributed by atoms with Crippen molar-refractivity contribution < 1.29 is 4.79 Å². The maximum absolute atomic E-state index is 13.4. The minimum absolute atomic E-state index is 0.115. The van der Waals surface area contributed by atoms with Gasteiger partial charge in [0, 0.05) is 19.1 Å². The van der Waals surface area contributed by atoms with E-state index in [0.29, 0.717) is 17.9 Å². The molecule has 1 saturated carbocycles. The van der Waals surface area contributed by atoms with Crippen molar-refractivity contribution in [2.75, 3.05) is 13.1 Å². The van der Waals surface area contributed by atoms with Crippen LogP contribution in [-0.4, -0.2) is 34.9 Å². The highest BCUT2D eigenvalue weighted by Gasteiger charge is 2.44. The molecule has 4 unspecified atom stereocenters. The first kappa shape index (κ1) is 15.7. The predicted octanol–water partition coefficient (Wildman–Crippen LogP) is 2.85. The molecule has 1 aliphatic carbocycles. The molecule has 1 aromatic heterocycles. The first-order valence-electron chi connectivity index (χ1n) is 9.45. The van der Waals surface area contributed by atoms with Crippen molar-refractivity contribution >= 4 is 27.5 Å². The van der Waals surface area contributed by atoms with Crippen LogP contribution in [0.4, 0.5) is 0 Å². The molecule has 5 nitrogen and oxygen atoms in total. The number of carbonyl (C=O) groups excluding carboxylic acids is 1. The molecular weight excluding hydrogens is 332 g/mol. The summed E-state index contributed by atoms with van der Waals surface area (Å²) in [6.07, 6.45) is 5.53. The molecule has 6 heteroatoms. The summed E-state index contributed by atoms with van der Waals surface area (Å²) in [5.41, 5.74) is 7.70. The topological polar surface area (TPSA) is 57.3 Å². The quantitative estimate of drug-likeness (QED) is 0.869. The maximum atomic E-state index is 13.4. The second-order valence-electron chi connectivity index (χ2n) is 7.56. The number of hydrogen-bond donors (Lipinski definition) is 2. The van der Waals surface area contributed by atoms with Gasteiger partial charge >= 0.3 is 0 Å². The third-order valence-electron chi connectivity index (χ3n) is 6.11. The number of para-hydroxylation sites is 1. The van der Waals surface area contributed by atoms with Gasteiger partial charge in [0.25, 0.3) is 0 Å². The normalized spacial score (nSPS) is 32.2. The van der Waals surface area contributed by atoms with Gasteiger partial charge < -0.3 is 4.90 Å². The van der Waals surface area contributed by atoms with Crippen molar-refractivity contribution in [3.05, 3.63) is 29.3 Å². The molecule has 25 heavy (non-hydrogen) atoms. The Hall–Kier alpha value is -1.50. The number of rotatable bonds is 2. The summed E-state index contributed by atoms with van der Waals surface area (Å²) in [7, 11) is 0. The Bertz CT molecular complexity index is 758. The summed E-state index contributed by atoms with van der Waals surface area (Å²) in [6, 6.07) is 8.75. The van der Waals surface area contributed by atoms with Gasteiger partial charge in [-0.2, -0.15) is 0 Å². The fourth-order valence-electron chi connectivity index (χ4n) is 4.85. The Labute approximate surface area is 151 Å². The number of hydrogen-bond acceptors (Lipinski definition) is 5. The van der Waals surface area contributed by atoms with Crippen molar-refractivity contribution in [3.63, 3.8) is 0 Å². The highest BCUT2D eigenvalue weighted by atomic mass is 32.1. The van der Waals surface area contributed by atoms with E-state index in [-0.39, 0.29) is 12.0 Å². The van der Waals surface area contributed by atoms with Crippen LogP contribution < -0.4 is 10.9 Å². The summed E-state index contributed by atoms with van der Waals surface area (Å²) < 4.78 is 1.22. The van der Waals surface area contributed by atoms with E-state index in [0.717, 1.165) is 42.9 Å².